The molecule has 1 amide bonds. The molecule has 29 heavy (non-hydrogen) atoms. The lowest BCUT2D eigenvalue weighted by atomic mass is 10.0. The minimum Gasteiger partial charge on any atom is -0.465 e. The van der Waals surface area contributed by atoms with E-state index in [0.717, 1.165) is 12.1 Å². The van der Waals surface area contributed by atoms with E-state index in [1.165, 1.54) is 19.2 Å². The van der Waals surface area contributed by atoms with Crippen LogP contribution >= 0.6 is 0 Å². The van der Waals surface area contributed by atoms with Crippen LogP contribution in [0.15, 0.2) is 47.0 Å². The van der Waals surface area contributed by atoms with Crippen molar-refractivity contribution >= 4 is 11.9 Å². The fourth-order valence-electron chi connectivity index (χ4n) is 3.33. The molecule has 1 aliphatic heterocycles. The molecule has 148 valence electrons. The summed E-state index contributed by atoms with van der Waals surface area (Å²) in [5, 5.41) is 3.99. The number of hydrogen-bond donors (Lipinski definition) is 0. The molecule has 0 N–H and O–H groups in total. The Bertz CT molecular complexity index is 1110. The summed E-state index contributed by atoms with van der Waals surface area (Å²) < 4.78 is 36.9. The number of ether oxygens (including phenoxy) is 1. The molecule has 0 saturated carbocycles. The van der Waals surface area contributed by atoms with Crippen LogP contribution in [0.2, 0.25) is 0 Å². The first-order valence-electron chi connectivity index (χ1n) is 8.88. The summed E-state index contributed by atoms with van der Waals surface area (Å²) in [6, 6.07) is 9.77. The van der Waals surface area contributed by atoms with Gasteiger partial charge in [-0.3, -0.25) is 4.79 Å². The first-order valence-corrected chi connectivity index (χ1v) is 8.88. The molecule has 0 radical (unpaired) electrons. The highest BCUT2D eigenvalue weighted by Crippen LogP contribution is 2.31. The Morgan fingerprint density at radius 1 is 1.10 bits per heavy atom. The second kappa shape index (κ2) is 7.46. The van der Waals surface area contributed by atoms with Crippen LogP contribution in [0.25, 0.3) is 11.3 Å². The van der Waals surface area contributed by atoms with Crippen molar-refractivity contribution in [1.82, 2.24) is 10.1 Å². The maximum absolute atomic E-state index is 13.6. The number of aromatic nitrogens is 1. The third kappa shape index (κ3) is 3.49. The summed E-state index contributed by atoms with van der Waals surface area (Å²) in [5.74, 6) is -2.12. The minimum atomic E-state index is -0.984. The third-order valence-corrected chi connectivity index (χ3v) is 4.84. The number of carbonyl (C=O) groups is 2. The zero-order chi connectivity index (χ0) is 20.5. The second-order valence-corrected chi connectivity index (χ2v) is 6.61. The minimum absolute atomic E-state index is 0.203. The van der Waals surface area contributed by atoms with Crippen molar-refractivity contribution in [2.24, 2.45) is 0 Å². The Kier molecular flexibility index (Phi) is 4.84. The maximum Gasteiger partial charge on any atom is 0.337 e. The molecule has 0 spiro atoms. The average molecular weight is 398 g/mol. The molecule has 0 saturated heterocycles. The fourth-order valence-corrected chi connectivity index (χ4v) is 3.33. The van der Waals surface area contributed by atoms with E-state index in [9.17, 15) is 18.4 Å². The smallest absolute Gasteiger partial charge is 0.337 e. The lowest BCUT2D eigenvalue weighted by molar-refractivity contribution is 0.0600. The van der Waals surface area contributed by atoms with E-state index in [1.54, 1.807) is 23.1 Å². The SMILES string of the molecule is COC(=O)c1cccc(C(=O)N2CCc3onc(-c4ccc(F)c(F)c4)c3C2)c1. The highest BCUT2D eigenvalue weighted by molar-refractivity contribution is 5.98. The highest BCUT2D eigenvalue weighted by Gasteiger charge is 2.28. The first-order chi connectivity index (χ1) is 14.0. The van der Waals surface area contributed by atoms with Gasteiger partial charge in [-0.1, -0.05) is 11.2 Å². The maximum atomic E-state index is 13.6. The summed E-state index contributed by atoms with van der Waals surface area (Å²) in [4.78, 5) is 26.3. The molecule has 0 atom stereocenters. The number of fused-ring (bicyclic) bond motifs is 1. The number of nitrogens with zero attached hydrogens (tertiary/aromatic N) is 2. The molecule has 1 aromatic heterocycles. The van der Waals surface area contributed by atoms with E-state index in [4.69, 9.17) is 9.26 Å². The molecule has 2 aromatic carbocycles. The number of amides is 1. The molecule has 1 aliphatic rings. The molecule has 0 bridgehead atoms. The van der Waals surface area contributed by atoms with Gasteiger partial charge in [0.1, 0.15) is 11.5 Å². The normalized spacial score (nSPS) is 13.1. The van der Waals surface area contributed by atoms with Gasteiger partial charge in [0.05, 0.1) is 19.2 Å². The van der Waals surface area contributed by atoms with Crippen molar-refractivity contribution < 1.29 is 27.6 Å². The molecular formula is C21H16F2N2O4. The van der Waals surface area contributed by atoms with Crippen LogP contribution < -0.4 is 0 Å². The van der Waals surface area contributed by atoms with E-state index < -0.39 is 17.6 Å². The van der Waals surface area contributed by atoms with Crippen LogP contribution in [-0.4, -0.2) is 35.6 Å². The Hall–Kier alpha value is -3.55. The Balaban J connectivity index is 1.62. The largest absolute Gasteiger partial charge is 0.465 e. The quantitative estimate of drug-likeness (QED) is 0.631. The molecule has 6 nitrogen and oxygen atoms in total. The van der Waals surface area contributed by atoms with E-state index in [1.807, 2.05) is 0 Å². The van der Waals surface area contributed by atoms with Crippen LogP contribution in [0.3, 0.4) is 0 Å². The van der Waals surface area contributed by atoms with Crippen molar-refractivity contribution in [2.75, 3.05) is 13.7 Å². The van der Waals surface area contributed by atoms with Crippen LogP contribution in [0.1, 0.15) is 32.0 Å². The predicted molar refractivity (Wildman–Crippen MR) is 98.1 cm³/mol. The first kappa shape index (κ1) is 18.8. The molecular weight excluding hydrogens is 382 g/mol. The Labute approximate surface area is 164 Å². The molecule has 0 fully saturated rings. The average Bonchev–Trinajstić information content (AvgIpc) is 3.18. The van der Waals surface area contributed by atoms with Crippen molar-refractivity contribution in [3.05, 3.63) is 76.5 Å². The van der Waals surface area contributed by atoms with Crippen LogP contribution in [-0.2, 0) is 17.7 Å². The Morgan fingerprint density at radius 3 is 2.66 bits per heavy atom. The second-order valence-electron chi connectivity index (χ2n) is 6.61. The van der Waals surface area contributed by atoms with E-state index in [0.29, 0.717) is 41.1 Å². The van der Waals surface area contributed by atoms with Gasteiger partial charge in [-0.2, -0.15) is 0 Å². The number of esters is 1. The monoisotopic (exact) mass is 398 g/mol. The van der Waals surface area contributed by atoms with Crippen molar-refractivity contribution in [1.29, 1.82) is 0 Å². The van der Waals surface area contributed by atoms with Crippen molar-refractivity contribution in [3.8, 4) is 11.3 Å². The summed E-state index contributed by atoms with van der Waals surface area (Å²) in [7, 11) is 1.27. The van der Waals surface area contributed by atoms with Gasteiger partial charge >= 0.3 is 5.97 Å². The standard InChI is InChI=1S/C21H16F2N2O4/c1-28-21(27)14-4-2-3-13(9-14)20(26)25-8-7-18-15(11-25)19(24-29-18)12-5-6-16(22)17(23)10-12/h2-6,9-10H,7-8,11H2,1H3. The zero-order valence-electron chi connectivity index (χ0n) is 15.4. The fraction of sp³-hybridized carbons (Fsp3) is 0.190. The van der Waals surface area contributed by atoms with Crippen LogP contribution in [0.4, 0.5) is 8.78 Å². The number of halogens is 2. The van der Waals surface area contributed by atoms with E-state index in [2.05, 4.69) is 5.16 Å². The van der Waals surface area contributed by atoms with Crippen LogP contribution in [0, 0.1) is 11.6 Å². The summed E-state index contributed by atoms with van der Waals surface area (Å²) in [5.41, 5.74) is 2.03. The van der Waals surface area contributed by atoms with Gasteiger partial charge in [0.2, 0.25) is 0 Å². The number of methoxy groups -OCH3 is 1. The molecule has 8 heteroatoms. The Morgan fingerprint density at radius 2 is 1.90 bits per heavy atom. The van der Waals surface area contributed by atoms with Gasteiger partial charge < -0.3 is 14.2 Å². The number of rotatable bonds is 3. The lowest BCUT2D eigenvalue weighted by Crippen LogP contribution is -2.35. The lowest BCUT2D eigenvalue weighted by Gasteiger charge is -2.26. The van der Waals surface area contributed by atoms with Gasteiger partial charge in [0.25, 0.3) is 5.91 Å². The van der Waals surface area contributed by atoms with Crippen molar-refractivity contribution in [2.45, 2.75) is 13.0 Å². The van der Waals surface area contributed by atoms with E-state index >= 15 is 0 Å². The van der Waals surface area contributed by atoms with Crippen LogP contribution in [0.5, 0.6) is 0 Å². The number of benzene rings is 2. The highest BCUT2D eigenvalue weighted by atomic mass is 19.2. The molecule has 2 heterocycles. The van der Waals surface area contributed by atoms with Gasteiger partial charge in [0, 0.05) is 29.7 Å². The van der Waals surface area contributed by atoms with Gasteiger partial charge in [-0.15, -0.1) is 0 Å². The summed E-state index contributed by atoms with van der Waals surface area (Å²) >= 11 is 0. The van der Waals surface area contributed by atoms with E-state index in [-0.39, 0.29) is 18.0 Å². The molecule has 3 aromatic rings. The number of hydrogen-bond acceptors (Lipinski definition) is 5. The third-order valence-electron chi connectivity index (χ3n) is 4.84. The number of carbonyl (C=O) groups excluding carboxylic acids is 2. The van der Waals surface area contributed by atoms with Crippen molar-refractivity contribution in [3.63, 3.8) is 0 Å². The van der Waals surface area contributed by atoms with Gasteiger partial charge in [0.15, 0.2) is 11.6 Å². The summed E-state index contributed by atoms with van der Waals surface area (Å²) in [6.07, 6.45) is 0.439. The van der Waals surface area contributed by atoms with Gasteiger partial charge in [-0.25, -0.2) is 13.6 Å². The molecule has 0 aliphatic carbocycles. The molecule has 0 unspecified atom stereocenters. The van der Waals surface area contributed by atoms with Gasteiger partial charge in [-0.05, 0) is 36.4 Å². The summed E-state index contributed by atoms with van der Waals surface area (Å²) in [6.45, 7) is 0.606. The zero-order valence-corrected chi connectivity index (χ0v) is 15.4. The topological polar surface area (TPSA) is 72.6 Å². The predicted octanol–water partition coefficient (Wildman–Crippen LogP) is 3.60. The molecule has 4 rings (SSSR count).